The number of benzene rings is 1. The number of ether oxygens (including phenoxy) is 2. The van der Waals surface area contributed by atoms with Crippen molar-refractivity contribution in [1.82, 2.24) is 18.8 Å². The van der Waals surface area contributed by atoms with Gasteiger partial charge in [-0.3, -0.25) is 4.98 Å². The van der Waals surface area contributed by atoms with Crippen molar-refractivity contribution in [1.29, 1.82) is 0 Å². The smallest absolute Gasteiger partial charge is 0.379 e. The molecule has 8 nitrogen and oxygen atoms in total. The van der Waals surface area contributed by atoms with Gasteiger partial charge in [0.2, 0.25) is 10.0 Å². The number of aromatic nitrogens is 3. The molecule has 5 rings (SSSR count). The third-order valence-electron chi connectivity index (χ3n) is 6.19. The summed E-state index contributed by atoms with van der Waals surface area (Å²) in [4.78, 5) is 8.40. The lowest BCUT2D eigenvalue weighted by Crippen LogP contribution is -2.40. The number of pyridine rings is 1. The van der Waals surface area contributed by atoms with Gasteiger partial charge in [-0.1, -0.05) is 17.8 Å². The summed E-state index contributed by atoms with van der Waals surface area (Å²) in [7, 11) is -3.68. The first-order valence-electron chi connectivity index (χ1n) is 11.6. The first kappa shape index (κ1) is 25.5. The van der Waals surface area contributed by atoms with E-state index >= 15 is 0 Å². The number of nitrogens with zero attached hydrogens (tertiary/aromatic N) is 4. The van der Waals surface area contributed by atoms with Crippen LogP contribution in [-0.4, -0.2) is 66.3 Å². The van der Waals surface area contributed by atoms with E-state index in [1.165, 1.54) is 28.3 Å². The van der Waals surface area contributed by atoms with Gasteiger partial charge < -0.3 is 14.0 Å². The Morgan fingerprint density at radius 3 is 2.58 bits per heavy atom. The van der Waals surface area contributed by atoms with Gasteiger partial charge in [0.1, 0.15) is 5.69 Å². The Balaban J connectivity index is 1.43. The van der Waals surface area contributed by atoms with Crippen LogP contribution in [0.15, 0.2) is 46.6 Å². The number of alkyl halides is 3. The fourth-order valence-electron chi connectivity index (χ4n) is 4.29. The van der Waals surface area contributed by atoms with Gasteiger partial charge in [-0.05, 0) is 42.7 Å². The van der Waals surface area contributed by atoms with Crippen LogP contribution < -0.4 is 0 Å². The third-order valence-corrected chi connectivity index (χ3v) is 9.13. The lowest BCUT2D eigenvalue weighted by Gasteiger charge is -2.26. The predicted octanol–water partition coefficient (Wildman–Crippen LogP) is 3.94. The molecule has 2 saturated heterocycles. The van der Waals surface area contributed by atoms with Gasteiger partial charge in [0, 0.05) is 31.6 Å². The van der Waals surface area contributed by atoms with Crippen molar-refractivity contribution < 1.29 is 31.1 Å². The van der Waals surface area contributed by atoms with E-state index in [-0.39, 0.29) is 11.0 Å². The molecule has 0 spiro atoms. The van der Waals surface area contributed by atoms with Crippen LogP contribution in [0.4, 0.5) is 13.2 Å². The fraction of sp³-hybridized carbons (Fsp3) is 0.478. The minimum Gasteiger partial charge on any atom is -0.379 e. The molecule has 1 atom stereocenters. The Hall–Kier alpha value is -2.19. The summed E-state index contributed by atoms with van der Waals surface area (Å²) in [6.45, 7) is 2.57. The fourth-order valence-corrected chi connectivity index (χ4v) is 6.67. The number of sulfonamides is 1. The van der Waals surface area contributed by atoms with Gasteiger partial charge in [-0.15, -0.1) is 0 Å². The Morgan fingerprint density at radius 1 is 1.11 bits per heavy atom. The summed E-state index contributed by atoms with van der Waals surface area (Å²) in [5.74, 6) is 0.360. The number of halogens is 3. The predicted molar refractivity (Wildman–Crippen MR) is 127 cm³/mol. The molecule has 0 unspecified atom stereocenters. The summed E-state index contributed by atoms with van der Waals surface area (Å²) in [6.07, 6.45) is -1.36. The second kappa shape index (κ2) is 10.3. The zero-order valence-electron chi connectivity index (χ0n) is 19.3. The summed E-state index contributed by atoms with van der Waals surface area (Å²) >= 11 is 1.36. The van der Waals surface area contributed by atoms with Gasteiger partial charge in [-0.2, -0.15) is 17.5 Å². The molecule has 0 bridgehead atoms. The molecule has 0 radical (unpaired) electrons. The van der Waals surface area contributed by atoms with Crippen LogP contribution in [0.25, 0.3) is 11.0 Å². The van der Waals surface area contributed by atoms with Crippen molar-refractivity contribution >= 4 is 32.8 Å². The molecule has 0 saturated carbocycles. The third kappa shape index (κ3) is 5.40. The second-order valence-electron chi connectivity index (χ2n) is 8.65. The molecule has 2 aliphatic rings. The maximum absolute atomic E-state index is 13.1. The van der Waals surface area contributed by atoms with E-state index in [4.69, 9.17) is 14.5 Å². The lowest BCUT2D eigenvalue weighted by molar-refractivity contribution is -0.141. The maximum Gasteiger partial charge on any atom is 0.433 e. The monoisotopic (exact) mass is 542 g/mol. The van der Waals surface area contributed by atoms with Crippen LogP contribution in [-0.2, 0) is 38.0 Å². The molecule has 2 fully saturated rings. The SMILES string of the molecule is O=S(=O)(c1ccc2c(c1)nc(SCc1ccc(C(F)(F)F)nc1)n2C[C@H]1CCCO1)N1CCOCC1. The van der Waals surface area contributed by atoms with Crippen molar-refractivity contribution in [2.24, 2.45) is 0 Å². The largest absolute Gasteiger partial charge is 0.433 e. The number of hydrogen-bond acceptors (Lipinski definition) is 7. The van der Waals surface area contributed by atoms with E-state index in [1.807, 2.05) is 4.57 Å². The van der Waals surface area contributed by atoms with Crippen LogP contribution in [0, 0.1) is 0 Å². The summed E-state index contributed by atoms with van der Waals surface area (Å²) < 4.78 is 79.2. The van der Waals surface area contributed by atoms with Crippen molar-refractivity contribution in [3.63, 3.8) is 0 Å². The quantitative estimate of drug-likeness (QED) is 0.418. The van der Waals surface area contributed by atoms with Gasteiger partial charge in [-0.25, -0.2) is 13.4 Å². The highest BCUT2D eigenvalue weighted by Crippen LogP contribution is 2.32. The molecule has 2 aliphatic heterocycles. The molecule has 36 heavy (non-hydrogen) atoms. The van der Waals surface area contributed by atoms with Crippen LogP contribution in [0.1, 0.15) is 24.1 Å². The number of morpholine rings is 1. The molecule has 1 aromatic carbocycles. The van der Waals surface area contributed by atoms with Crippen LogP contribution in [0.2, 0.25) is 0 Å². The number of rotatable bonds is 7. The van der Waals surface area contributed by atoms with Gasteiger partial charge in [0.25, 0.3) is 0 Å². The number of thioether (sulfide) groups is 1. The first-order chi connectivity index (χ1) is 17.2. The Kier molecular flexibility index (Phi) is 7.27. The van der Waals surface area contributed by atoms with Crippen LogP contribution in [0.5, 0.6) is 0 Å². The standard InChI is InChI=1S/C23H25F3N4O4S2/c24-23(25,26)21-6-3-16(13-27-21)15-35-22-28-19-12-18(36(31,32)29-7-10-33-11-8-29)4-5-20(19)30(22)14-17-2-1-9-34-17/h3-6,12-13,17H,1-2,7-11,14-15H2/t17-/m1/s1. The van der Waals surface area contributed by atoms with E-state index in [2.05, 4.69) is 4.98 Å². The average Bonchev–Trinajstić information content (AvgIpc) is 3.51. The van der Waals surface area contributed by atoms with Gasteiger partial charge in [0.05, 0.1) is 41.8 Å². The molecule has 0 aliphatic carbocycles. The average molecular weight is 543 g/mol. The molecule has 0 N–H and O–H groups in total. The van der Waals surface area contributed by atoms with Crippen molar-refractivity contribution in [2.75, 3.05) is 32.9 Å². The number of hydrogen-bond donors (Lipinski definition) is 0. The Morgan fingerprint density at radius 2 is 1.92 bits per heavy atom. The molecule has 3 aromatic rings. The first-order valence-corrected chi connectivity index (χ1v) is 14.0. The van der Waals surface area contributed by atoms with Crippen molar-refractivity contribution in [3.8, 4) is 0 Å². The van der Waals surface area contributed by atoms with E-state index in [0.29, 0.717) is 61.4 Å². The molecular formula is C23H25F3N4O4S2. The molecule has 2 aromatic heterocycles. The van der Waals surface area contributed by atoms with E-state index in [0.717, 1.165) is 24.4 Å². The second-order valence-corrected chi connectivity index (χ2v) is 11.5. The summed E-state index contributed by atoms with van der Waals surface area (Å²) in [5.41, 5.74) is 1.00. The van der Waals surface area contributed by atoms with E-state index < -0.39 is 21.9 Å². The van der Waals surface area contributed by atoms with Crippen molar-refractivity contribution in [2.45, 2.75) is 47.5 Å². The maximum atomic E-state index is 13.1. The lowest BCUT2D eigenvalue weighted by atomic mass is 10.2. The molecule has 13 heteroatoms. The molecule has 194 valence electrons. The van der Waals surface area contributed by atoms with E-state index in [1.54, 1.807) is 18.2 Å². The zero-order valence-corrected chi connectivity index (χ0v) is 20.9. The highest BCUT2D eigenvalue weighted by Gasteiger charge is 2.32. The Labute approximate surface area is 210 Å². The van der Waals surface area contributed by atoms with Gasteiger partial charge in [0.15, 0.2) is 5.16 Å². The highest BCUT2D eigenvalue weighted by atomic mass is 32.2. The van der Waals surface area contributed by atoms with Gasteiger partial charge >= 0.3 is 6.18 Å². The minimum atomic E-state index is -4.49. The minimum absolute atomic E-state index is 0.0197. The number of imidazole rings is 1. The normalized spacial score (nSPS) is 19.8. The van der Waals surface area contributed by atoms with Crippen molar-refractivity contribution in [3.05, 3.63) is 47.8 Å². The zero-order chi connectivity index (χ0) is 25.3. The molecule has 4 heterocycles. The molecule has 0 amide bonds. The van der Waals surface area contributed by atoms with E-state index in [9.17, 15) is 21.6 Å². The molecular weight excluding hydrogens is 517 g/mol. The Bertz CT molecular complexity index is 1320. The van der Waals surface area contributed by atoms with Crippen LogP contribution in [0.3, 0.4) is 0 Å². The summed E-state index contributed by atoms with van der Waals surface area (Å²) in [6, 6.07) is 7.30. The van der Waals surface area contributed by atoms with Crippen LogP contribution >= 0.6 is 11.8 Å². The highest BCUT2D eigenvalue weighted by molar-refractivity contribution is 7.98. The number of fused-ring (bicyclic) bond motifs is 1. The summed E-state index contributed by atoms with van der Waals surface area (Å²) in [5, 5.41) is 0.640. The topological polar surface area (TPSA) is 86.5 Å².